The van der Waals surface area contributed by atoms with E-state index in [9.17, 15) is 4.79 Å². The molecule has 132 valence electrons. The minimum atomic E-state index is -0.221. The first-order chi connectivity index (χ1) is 12.7. The molecule has 0 atom stereocenters. The Hall–Kier alpha value is -3.27. The Balaban J connectivity index is 1.69. The summed E-state index contributed by atoms with van der Waals surface area (Å²) < 4.78 is 11.0. The number of hydrogen-bond donors (Lipinski definition) is 1. The molecule has 0 radical (unpaired) electrons. The maximum absolute atomic E-state index is 12.3. The van der Waals surface area contributed by atoms with E-state index in [1.54, 1.807) is 13.2 Å². The predicted octanol–water partition coefficient (Wildman–Crippen LogP) is 4.90. The molecule has 0 aliphatic carbocycles. The lowest BCUT2D eigenvalue weighted by molar-refractivity contribution is -0.118. The number of amides is 1. The van der Waals surface area contributed by atoms with E-state index in [-0.39, 0.29) is 12.5 Å². The van der Waals surface area contributed by atoms with Crippen molar-refractivity contribution in [3.8, 4) is 11.5 Å². The fourth-order valence-corrected chi connectivity index (χ4v) is 2.76. The molecule has 4 nitrogen and oxygen atoms in total. The first kappa shape index (κ1) is 17.5. The van der Waals surface area contributed by atoms with E-state index < -0.39 is 0 Å². The molecule has 0 bridgehead atoms. The number of methoxy groups -OCH3 is 1. The Bertz CT molecular complexity index is 942. The predicted molar refractivity (Wildman–Crippen MR) is 106 cm³/mol. The number of carbonyl (C=O) groups excluding carboxylic acids is 1. The van der Waals surface area contributed by atoms with Crippen LogP contribution in [0.4, 0.5) is 5.69 Å². The van der Waals surface area contributed by atoms with E-state index in [2.05, 4.69) is 5.32 Å². The maximum Gasteiger partial charge on any atom is 0.262 e. The van der Waals surface area contributed by atoms with Crippen molar-refractivity contribution in [2.75, 3.05) is 19.0 Å². The Kier molecular flexibility index (Phi) is 5.54. The number of allylic oxidation sites excluding steroid dienone is 1. The number of benzene rings is 3. The molecule has 3 rings (SSSR count). The largest absolute Gasteiger partial charge is 0.493 e. The molecule has 3 aromatic rings. The smallest absolute Gasteiger partial charge is 0.262 e. The van der Waals surface area contributed by atoms with Gasteiger partial charge in [0.25, 0.3) is 5.91 Å². The fourth-order valence-electron chi connectivity index (χ4n) is 2.76. The summed E-state index contributed by atoms with van der Waals surface area (Å²) in [4.78, 5) is 12.3. The summed E-state index contributed by atoms with van der Waals surface area (Å²) in [7, 11) is 1.58. The molecule has 0 fully saturated rings. The van der Waals surface area contributed by atoms with Gasteiger partial charge in [-0.25, -0.2) is 0 Å². The van der Waals surface area contributed by atoms with Gasteiger partial charge in [-0.2, -0.15) is 0 Å². The Morgan fingerprint density at radius 3 is 2.65 bits per heavy atom. The van der Waals surface area contributed by atoms with Crippen LogP contribution in [-0.2, 0) is 4.79 Å². The summed E-state index contributed by atoms with van der Waals surface area (Å²) in [5, 5.41) is 4.98. The van der Waals surface area contributed by atoms with Crippen LogP contribution in [0.2, 0.25) is 0 Å². The number of fused-ring (bicyclic) bond motifs is 1. The molecule has 0 aromatic heterocycles. The van der Waals surface area contributed by atoms with Crippen LogP contribution in [-0.4, -0.2) is 19.6 Å². The van der Waals surface area contributed by atoms with Gasteiger partial charge in [0.15, 0.2) is 18.1 Å². The second-order valence-electron chi connectivity index (χ2n) is 5.77. The molecule has 0 aliphatic rings. The number of ether oxygens (including phenoxy) is 2. The zero-order chi connectivity index (χ0) is 18.4. The minimum Gasteiger partial charge on any atom is -0.493 e. The Morgan fingerprint density at radius 2 is 1.85 bits per heavy atom. The summed E-state index contributed by atoms with van der Waals surface area (Å²) in [5.41, 5.74) is 1.78. The number of anilines is 1. The topological polar surface area (TPSA) is 47.6 Å². The van der Waals surface area contributed by atoms with Crippen molar-refractivity contribution in [1.29, 1.82) is 0 Å². The van der Waals surface area contributed by atoms with Crippen molar-refractivity contribution < 1.29 is 14.3 Å². The molecule has 3 aromatic carbocycles. The third kappa shape index (κ3) is 4.03. The molecular weight excluding hydrogens is 326 g/mol. The summed E-state index contributed by atoms with van der Waals surface area (Å²) >= 11 is 0. The van der Waals surface area contributed by atoms with Gasteiger partial charge in [0.1, 0.15) is 0 Å². The highest BCUT2D eigenvalue weighted by atomic mass is 16.5. The third-order valence-electron chi connectivity index (χ3n) is 3.97. The van der Waals surface area contributed by atoms with Gasteiger partial charge in [-0.3, -0.25) is 4.79 Å². The molecule has 1 N–H and O–H groups in total. The molecule has 0 saturated carbocycles. The molecule has 1 amide bonds. The lowest BCUT2D eigenvalue weighted by Gasteiger charge is -2.12. The number of nitrogens with one attached hydrogen (secondary N) is 1. The van der Waals surface area contributed by atoms with Crippen molar-refractivity contribution in [1.82, 2.24) is 0 Å². The van der Waals surface area contributed by atoms with Crippen LogP contribution in [0.3, 0.4) is 0 Å². The molecule has 0 unspecified atom stereocenters. The SMILES string of the molecule is C/C=C/c1ccc(OCC(=O)Nc2cccc3ccccc23)c(OC)c1. The van der Waals surface area contributed by atoms with Crippen LogP contribution in [0.15, 0.2) is 66.7 Å². The van der Waals surface area contributed by atoms with E-state index in [1.807, 2.05) is 73.7 Å². The molecule has 0 aliphatic heterocycles. The van der Waals surface area contributed by atoms with Gasteiger partial charge in [-0.05, 0) is 36.1 Å². The molecule has 0 spiro atoms. The first-order valence-electron chi connectivity index (χ1n) is 8.42. The second kappa shape index (κ2) is 8.21. The molecular formula is C22H21NO3. The third-order valence-corrected chi connectivity index (χ3v) is 3.97. The lowest BCUT2D eigenvalue weighted by Crippen LogP contribution is -2.20. The van der Waals surface area contributed by atoms with E-state index in [0.717, 1.165) is 22.0 Å². The normalized spacial score (nSPS) is 10.8. The average Bonchev–Trinajstić information content (AvgIpc) is 2.67. The first-order valence-corrected chi connectivity index (χ1v) is 8.42. The summed E-state index contributed by atoms with van der Waals surface area (Å²) in [5.74, 6) is 0.910. The van der Waals surface area contributed by atoms with E-state index in [0.29, 0.717) is 11.5 Å². The van der Waals surface area contributed by atoms with Crippen LogP contribution >= 0.6 is 0 Å². The van der Waals surface area contributed by atoms with Gasteiger partial charge < -0.3 is 14.8 Å². The van der Waals surface area contributed by atoms with Gasteiger partial charge in [-0.15, -0.1) is 0 Å². The zero-order valence-corrected chi connectivity index (χ0v) is 14.9. The van der Waals surface area contributed by atoms with Gasteiger partial charge in [0.2, 0.25) is 0 Å². The van der Waals surface area contributed by atoms with Crippen LogP contribution in [0, 0.1) is 0 Å². The monoisotopic (exact) mass is 347 g/mol. The summed E-state index contributed by atoms with van der Waals surface area (Å²) in [6, 6.07) is 19.3. The van der Waals surface area contributed by atoms with Gasteiger partial charge in [0.05, 0.1) is 7.11 Å². The highest BCUT2D eigenvalue weighted by Crippen LogP contribution is 2.29. The fraction of sp³-hybridized carbons (Fsp3) is 0.136. The highest BCUT2D eigenvalue weighted by Gasteiger charge is 2.10. The standard InChI is InChI=1S/C22H21NO3/c1-3-7-16-12-13-20(21(14-16)25-2)26-15-22(24)23-19-11-6-9-17-8-4-5-10-18(17)19/h3-14H,15H2,1-2H3,(H,23,24)/b7-3+. The van der Waals surface area contributed by atoms with E-state index in [4.69, 9.17) is 9.47 Å². The van der Waals surface area contributed by atoms with E-state index in [1.165, 1.54) is 0 Å². The molecule has 0 saturated heterocycles. The quantitative estimate of drug-likeness (QED) is 0.690. The summed E-state index contributed by atoms with van der Waals surface area (Å²) in [6.45, 7) is 1.86. The molecule has 26 heavy (non-hydrogen) atoms. The van der Waals surface area contributed by atoms with Crippen molar-refractivity contribution >= 4 is 28.4 Å². The highest BCUT2D eigenvalue weighted by molar-refractivity contribution is 6.02. The van der Waals surface area contributed by atoms with Crippen molar-refractivity contribution in [2.45, 2.75) is 6.92 Å². The van der Waals surface area contributed by atoms with Crippen molar-refractivity contribution in [3.63, 3.8) is 0 Å². The Morgan fingerprint density at radius 1 is 1.04 bits per heavy atom. The van der Waals surface area contributed by atoms with E-state index >= 15 is 0 Å². The number of rotatable bonds is 6. The maximum atomic E-state index is 12.3. The number of hydrogen-bond acceptors (Lipinski definition) is 3. The average molecular weight is 347 g/mol. The lowest BCUT2D eigenvalue weighted by atomic mass is 10.1. The minimum absolute atomic E-state index is 0.0947. The summed E-state index contributed by atoms with van der Waals surface area (Å²) in [6.07, 6.45) is 3.92. The van der Waals surface area contributed by atoms with Crippen molar-refractivity contribution in [3.05, 3.63) is 72.3 Å². The molecule has 0 heterocycles. The van der Waals surface area contributed by atoms with Gasteiger partial charge in [-0.1, -0.05) is 54.6 Å². The van der Waals surface area contributed by atoms with Crippen LogP contribution in [0.5, 0.6) is 11.5 Å². The molecule has 4 heteroatoms. The zero-order valence-electron chi connectivity index (χ0n) is 14.9. The van der Waals surface area contributed by atoms with Gasteiger partial charge in [0, 0.05) is 11.1 Å². The number of carbonyl (C=O) groups is 1. The van der Waals surface area contributed by atoms with Gasteiger partial charge >= 0.3 is 0 Å². The van der Waals surface area contributed by atoms with Crippen LogP contribution < -0.4 is 14.8 Å². The van der Waals surface area contributed by atoms with Crippen LogP contribution in [0.25, 0.3) is 16.8 Å². The Labute approximate surface area is 153 Å². The van der Waals surface area contributed by atoms with Crippen molar-refractivity contribution in [2.24, 2.45) is 0 Å². The second-order valence-corrected chi connectivity index (χ2v) is 5.77. The van der Waals surface area contributed by atoms with Crippen LogP contribution in [0.1, 0.15) is 12.5 Å².